The van der Waals surface area contributed by atoms with Crippen LogP contribution in [0.3, 0.4) is 0 Å². The maximum atomic E-state index is 12.2. The van der Waals surface area contributed by atoms with E-state index in [-0.39, 0.29) is 17.5 Å². The van der Waals surface area contributed by atoms with Crippen LogP contribution >= 0.6 is 27.5 Å². The van der Waals surface area contributed by atoms with Crippen LogP contribution in [0.4, 0.5) is 0 Å². The fourth-order valence-corrected chi connectivity index (χ4v) is 5.47. The van der Waals surface area contributed by atoms with E-state index in [1.807, 2.05) is 42.5 Å². The largest absolute Gasteiger partial charge is 0.481 e. The second kappa shape index (κ2) is 8.73. The number of ether oxygens (including phenoxy) is 2. The second-order valence-electron chi connectivity index (χ2n) is 7.67. The van der Waals surface area contributed by atoms with Gasteiger partial charge >= 0.3 is 0 Å². The number of pyridine rings is 1. The highest BCUT2D eigenvalue weighted by Gasteiger charge is 2.69. The summed E-state index contributed by atoms with van der Waals surface area (Å²) >= 11 is 9.72. The van der Waals surface area contributed by atoms with Gasteiger partial charge in [0.15, 0.2) is 5.60 Å². The number of hydrogen-bond acceptors (Lipinski definition) is 5. The van der Waals surface area contributed by atoms with Crippen molar-refractivity contribution in [1.82, 2.24) is 4.98 Å². The number of fused-ring (bicyclic) bond motifs is 3. The van der Waals surface area contributed by atoms with Gasteiger partial charge in [-0.3, -0.25) is 4.79 Å². The number of rotatable bonds is 3. The Balaban J connectivity index is 0.000000775. The third-order valence-corrected chi connectivity index (χ3v) is 6.89. The molecular weight excluding hydrogens is 496 g/mol. The average molecular weight is 518 g/mol. The van der Waals surface area contributed by atoms with Gasteiger partial charge < -0.3 is 20.3 Å². The summed E-state index contributed by atoms with van der Waals surface area (Å²) in [7, 11) is 1.53. The van der Waals surface area contributed by atoms with E-state index in [0.29, 0.717) is 23.6 Å². The number of hydrogen-bond donors (Lipinski definition) is 2. The lowest BCUT2D eigenvalue weighted by atomic mass is 9.72. The molecule has 3 unspecified atom stereocenters. The first-order valence-corrected chi connectivity index (χ1v) is 11.2. The van der Waals surface area contributed by atoms with Crippen LogP contribution in [-0.4, -0.2) is 23.6 Å². The van der Waals surface area contributed by atoms with Crippen LogP contribution in [0.2, 0.25) is 5.15 Å². The van der Waals surface area contributed by atoms with Crippen LogP contribution in [0.15, 0.2) is 65.1 Å². The lowest BCUT2D eigenvalue weighted by molar-refractivity contribution is -0.107. The molecule has 3 N–H and O–H groups in total. The van der Waals surface area contributed by atoms with Crippen molar-refractivity contribution in [3.8, 4) is 11.6 Å². The van der Waals surface area contributed by atoms with Gasteiger partial charge in [0.05, 0.1) is 12.7 Å². The van der Waals surface area contributed by atoms with Crippen molar-refractivity contribution in [3.05, 3.63) is 87.0 Å². The number of carbonyl (C=O) groups excluding carboxylic acids is 1. The third kappa shape index (κ3) is 3.36. The molecule has 1 saturated carbocycles. The maximum absolute atomic E-state index is 12.2. The minimum atomic E-state index is -1.29. The summed E-state index contributed by atoms with van der Waals surface area (Å²) in [6.07, 6.45) is 1.54. The Bertz CT molecular complexity index is 1130. The van der Waals surface area contributed by atoms with Crippen molar-refractivity contribution in [2.45, 2.75) is 30.0 Å². The molecule has 1 aliphatic carbocycles. The van der Waals surface area contributed by atoms with Gasteiger partial charge in [-0.05, 0) is 36.1 Å². The standard InChI is InChI=1S/C23H19BrClNO3.CH3NO/c1-28-21-20-18(13-19(25)26-21)29-23(15-7-9-16(24)10-8-15)17(11-12-22(20,23)27)14-5-3-2-4-6-14;2-1-3/h2-10,13,17,27H,11-12H2,1H3;1H,(H2,2,3). The van der Waals surface area contributed by atoms with Crippen LogP contribution in [0.5, 0.6) is 11.6 Å². The van der Waals surface area contributed by atoms with E-state index in [0.717, 1.165) is 22.0 Å². The lowest BCUT2D eigenvalue weighted by Crippen LogP contribution is -2.48. The number of halogens is 2. The zero-order valence-electron chi connectivity index (χ0n) is 17.3. The molecule has 0 radical (unpaired) electrons. The molecule has 3 atom stereocenters. The predicted octanol–water partition coefficient (Wildman–Crippen LogP) is 4.66. The Morgan fingerprint density at radius 1 is 1.25 bits per heavy atom. The molecule has 2 heterocycles. The van der Waals surface area contributed by atoms with Crippen molar-refractivity contribution in [2.75, 3.05) is 7.11 Å². The summed E-state index contributed by atoms with van der Waals surface area (Å²) in [4.78, 5) is 12.9. The van der Waals surface area contributed by atoms with E-state index in [1.54, 1.807) is 6.07 Å². The minimum absolute atomic E-state index is 0.0502. The van der Waals surface area contributed by atoms with Crippen LogP contribution < -0.4 is 15.2 Å². The van der Waals surface area contributed by atoms with E-state index in [4.69, 9.17) is 25.9 Å². The maximum Gasteiger partial charge on any atom is 0.224 e. The number of aliphatic hydroxyl groups is 1. The van der Waals surface area contributed by atoms with Gasteiger partial charge in [-0.15, -0.1) is 0 Å². The highest BCUT2D eigenvalue weighted by atomic mass is 79.9. The number of primary amides is 1. The van der Waals surface area contributed by atoms with Gasteiger partial charge in [0, 0.05) is 16.5 Å². The van der Waals surface area contributed by atoms with Crippen molar-refractivity contribution < 1.29 is 19.4 Å². The molecule has 3 aromatic rings. The molecule has 32 heavy (non-hydrogen) atoms. The predicted molar refractivity (Wildman–Crippen MR) is 125 cm³/mol. The number of aromatic nitrogens is 1. The SMILES string of the molecule is COc1nc(Cl)cc2c1C1(O)CCC(c3ccccc3)C1(c1ccc(Br)cc1)O2.NC=O. The fourth-order valence-electron chi connectivity index (χ4n) is 5.03. The van der Waals surface area contributed by atoms with Crippen molar-refractivity contribution in [1.29, 1.82) is 0 Å². The topological polar surface area (TPSA) is 94.7 Å². The number of amides is 1. The van der Waals surface area contributed by atoms with Gasteiger partial charge in [-0.25, -0.2) is 4.98 Å². The first-order chi connectivity index (χ1) is 15.4. The minimum Gasteiger partial charge on any atom is -0.481 e. The highest BCUT2D eigenvalue weighted by molar-refractivity contribution is 9.10. The third-order valence-electron chi connectivity index (χ3n) is 6.17. The van der Waals surface area contributed by atoms with E-state index in [2.05, 4.69) is 38.8 Å². The molecule has 0 spiro atoms. The Morgan fingerprint density at radius 2 is 1.91 bits per heavy atom. The van der Waals surface area contributed by atoms with E-state index >= 15 is 0 Å². The van der Waals surface area contributed by atoms with Crippen molar-refractivity contribution >= 4 is 33.9 Å². The summed E-state index contributed by atoms with van der Waals surface area (Å²) in [6.45, 7) is 0. The summed E-state index contributed by atoms with van der Waals surface area (Å²) < 4.78 is 13.1. The van der Waals surface area contributed by atoms with Crippen molar-refractivity contribution in [2.24, 2.45) is 5.73 Å². The molecule has 2 aliphatic rings. The van der Waals surface area contributed by atoms with E-state index < -0.39 is 11.2 Å². The molecule has 1 aromatic heterocycles. The number of methoxy groups -OCH3 is 1. The molecule has 0 bridgehead atoms. The number of benzene rings is 2. The quantitative estimate of drug-likeness (QED) is 0.389. The molecule has 6 nitrogen and oxygen atoms in total. The lowest BCUT2D eigenvalue weighted by Gasteiger charge is -2.40. The van der Waals surface area contributed by atoms with Crippen LogP contribution in [0.25, 0.3) is 0 Å². The molecule has 1 amide bonds. The van der Waals surface area contributed by atoms with Crippen molar-refractivity contribution in [3.63, 3.8) is 0 Å². The zero-order chi connectivity index (χ0) is 22.9. The molecule has 5 rings (SSSR count). The molecule has 2 aromatic carbocycles. The Kier molecular flexibility index (Phi) is 6.16. The summed E-state index contributed by atoms with van der Waals surface area (Å²) in [6, 6.07) is 19.8. The smallest absolute Gasteiger partial charge is 0.224 e. The van der Waals surface area contributed by atoms with Gasteiger partial charge in [0.25, 0.3) is 0 Å². The number of carbonyl (C=O) groups is 1. The fraction of sp³-hybridized carbons (Fsp3) is 0.250. The van der Waals surface area contributed by atoms with Gasteiger partial charge in [-0.2, -0.15) is 0 Å². The Hall–Kier alpha value is -2.61. The Labute approximate surface area is 199 Å². The molecule has 166 valence electrons. The summed E-state index contributed by atoms with van der Waals surface area (Å²) in [5, 5.41) is 12.5. The summed E-state index contributed by atoms with van der Waals surface area (Å²) in [5.41, 5.74) is 4.48. The highest BCUT2D eigenvalue weighted by Crippen LogP contribution is 2.68. The average Bonchev–Trinajstić information content (AvgIpc) is 3.21. The zero-order valence-corrected chi connectivity index (χ0v) is 19.6. The van der Waals surface area contributed by atoms with Gasteiger partial charge in [0.1, 0.15) is 16.5 Å². The molecule has 1 aliphatic heterocycles. The number of nitrogens with two attached hydrogens (primary N) is 1. The van der Waals surface area contributed by atoms with Crippen LogP contribution in [-0.2, 0) is 16.0 Å². The normalized spacial score (nSPS) is 25.1. The molecular formula is C24H22BrClN2O4. The first kappa shape index (κ1) is 22.6. The molecule has 1 fully saturated rings. The van der Waals surface area contributed by atoms with Crippen LogP contribution in [0, 0.1) is 0 Å². The van der Waals surface area contributed by atoms with Gasteiger partial charge in [0.2, 0.25) is 12.3 Å². The summed E-state index contributed by atoms with van der Waals surface area (Å²) in [5.74, 6) is 0.779. The number of nitrogens with zero attached hydrogens (tertiary/aromatic N) is 1. The van der Waals surface area contributed by atoms with E-state index in [1.165, 1.54) is 7.11 Å². The van der Waals surface area contributed by atoms with Gasteiger partial charge in [-0.1, -0.05) is 70.0 Å². The molecule has 0 saturated heterocycles. The monoisotopic (exact) mass is 516 g/mol. The van der Waals surface area contributed by atoms with Crippen LogP contribution in [0.1, 0.15) is 35.4 Å². The Morgan fingerprint density at radius 3 is 2.53 bits per heavy atom. The van der Waals surface area contributed by atoms with E-state index in [9.17, 15) is 5.11 Å². The first-order valence-electron chi connectivity index (χ1n) is 10.0. The molecule has 8 heteroatoms. The second-order valence-corrected chi connectivity index (χ2v) is 8.97.